The van der Waals surface area contributed by atoms with Gasteiger partial charge in [0.1, 0.15) is 18.5 Å². The third-order valence-corrected chi connectivity index (χ3v) is 7.75. The summed E-state index contributed by atoms with van der Waals surface area (Å²) in [5, 5.41) is 3.48. The van der Waals surface area contributed by atoms with Crippen molar-refractivity contribution in [3.8, 4) is 0 Å². The molecule has 0 saturated carbocycles. The number of carbonyl (C=O) groups is 3. The van der Waals surface area contributed by atoms with E-state index in [9.17, 15) is 14.4 Å². The fourth-order valence-corrected chi connectivity index (χ4v) is 5.15. The van der Waals surface area contributed by atoms with Crippen molar-refractivity contribution >= 4 is 88.2 Å². The van der Waals surface area contributed by atoms with E-state index in [1.165, 1.54) is 17.9 Å². The van der Waals surface area contributed by atoms with Crippen LogP contribution in [0.2, 0.25) is 10.0 Å². The summed E-state index contributed by atoms with van der Waals surface area (Å²) < 4.78 is 5.62. The van der Waals surface area contributed by atoms with E-state index in [0.29, 0.717) is 33.4 Å². The Bertz CT molecular complexity index is 1580. The quantitative estimate of drug-likeness (QED) is 0.203. The zero-order valence-electron chi connectivity index (χ0n) is 22.9. The molecular formula is C29H28Cl4N5O4+. The zero-order chi connectivity index (χ0) is 29.9. The molecule has 3 amide bonds. The van der Waals surface area contributed by atoms with E-state index in [0.717, 1.165) is 5.56 Å². The lowest BCUT2D eigenvalue weighted by Gasteiger charge is -2.29. The Balaban J connectivity index is 0.00000484. The number of anilines is 2. The number of allylic oxidation sites excluding steroid dienone is 3. The molecule has 2 aromatic rings. The van der Waals surface area contributed by atoms with Gasteiger partial charge in [-0.15, -0.1) is 16.9 Å². The van der Waals surface area contributed by atoms with Crippen molar-refractivity contribution in [3.63, 3.8) is 0 Å². The number of carbonyl (C=O) groups excluding carboxylic acids is 3. The van der Waals surface area contributed by atoms with Gasteiger partial charge in [-0.3, -0.25) is 9.59 Å². The molecule has 4 rings (SSSR count). The summed E-state index contributed by atoms with van der Waals surface area (Å²) in [6, 6.07) is 10.3. The van der Waals surface area contributed by atoms with E-state index in [-0.39, 0.29) is 59.3 Å². The second kappa shape index (κ2) is 13.7. The number of benzene rings is 2. The highest BCUT2D eigenvalue weighted by atomic mass is 35.5. The molecule has 2 aliphatic heterocycles. The largest absolute Gasteiger partial charge is 0.481 e. The van der Waals surface area contributed by atoms with Crippen LogP contribution in [0.15, 0.2) is 82.4 Å². The van der Waals surface area contributed by atoms with E-state index in [2.05, 4.69) is 10.3 Å². The van der Waals surface area contributed by atoms with Gasteiger partial charge < -0.3 is 20.7 Å². The standard InChI is InChI=1S/C29H26Cl3N5O4.ClH/c1-17-28(32)37(26(40)13-8-19-6-9-20(10-7-19)35-18(2)38)14-4-5-24(29(37)34-17)41-16-21-22(30)11-12-23(27(21)31)36(3)25(39)15-33;/h4-14H,15-16,33H2,1-3H3;1H/p+1. The topological polar surface area (TPSA) is 114 Å². The van der Waals surface area contributed by atoms with Crippen LogP contribution in [0.3, 0.4) is 0 Å². The monoisotopic (exact) mass is 650 g/mol. The van der Waals surface area contributed by atoms with E-state index in [4.69, 9.17) is 45.3 Å². The molecule has 0 radical (unpaired) electrons. The maximum Gasteiger partial charge on any atom is 0.355 e. The Morgan fingerprint density at radius 2 is 1.81 bits per heavy atom. The van der Waals surface area contributed by atoms with Gasteiger partial charge in [0.25, 0.3) is 5.84 Å². The predicted octanol–water partition coefficient (Wildman–Crippen LogP) is 6.12. The Morgan fingerprint density at radius 3 is 2.45 bits per heavy atom. The van der Waals surface area contributed by atoms with Crippen molar-refractivity contribution < 1.29 is 23.6 Å². The van der Waals surface area contributed by atoms with Gasteiger partial charge in [-0.25, -0.2) is 4.79 Å². The number of aliphatic imine (C=N–C) groups is 1. The van der Waals surface area contributed by atoms with E-state index >= 15 is 0 Å². The summed E-state index contributed by atoms with van der Waals surface area (Å²) in [5.41, 5.74) is 8.22. The molecule has 2 heterocycles. The highest BCUT2D eigenvalue weighted by Gasteiger charge is 2.52. The first-order valence-electron chi connectivity index (χ1n) is 12.4. The van der Waals surface area contributed by atoms with Gasteiger partial charge in [-0.05, 0) is 66.6 Å². The van der Waals surface area contributed by atoms with Crippen LogP contribution in [0, 0.1) is 0 Å². The number of ether oxygens (including phenoxy) is 1. The Morgan fingerprint density at radius 1 is 1.12 bits per heavy atom. The summed E-state index contributed by atoms with van der Waals surface area (Å²) in [6.45, 7) is 2.88. The van der Waals surface area contributed by atoms with Crippen LogP contribution in [0.5, 0.6) is 0 Å². The van der Waals surface area contributed by atoms with Crippen molar-refractivity contribution in [1.82, 2.24) is 0 Å². The summed E-state index contributed by atoms with van der Waals surface area (Å²) in [6.07, 6.45) is 8.03. The number of nitrogens with one attached hydrogen (secondary N) is 1. The van der Waals surface area contributed by atoms with Crippen molar-refractivity contribution in [3.05, 3.63) is 98.6 Å². The van der Waals surface area contributed by atoms with Crippen LogP contribution < -0.4 is 16.0 Å². The summed E-state index contributed by atoms with van der Waals surface area (Å²) in [7, 11) is 1.56. The van der Waals surface area contributed by atoms with Gasteiger partial charge in [0.2, 0.25) is 22.7 Å². The minimum Gasteiger partial charge on any atom is -0.481 e. The highest BCUT2D eigenvalue weighted by molar-refractivity contribution is 6.38. The first-order valence-corrected chi connectivity index (χ1v) is 13.5. The molecule has 9 nitrogen and oxygen atoms in total. The number of nitrogens with two attached hydrogens (primary N) is 1. The second-order valence-corrected chi connectivity index (χ2v) is 10.3. The number of nitrogens with zero attached hydrogens (tertiary/aromatic N) is 3. The van der Waals surface area contributed by atoms with Crippen molar-refractivity contribution in [1.29, 1.82) is 0 Å². The smallest absolute Gasteiger partial charge is 0.355 e. The molecule has 3 N–H and O–H groups in total. The molecule has 0 saturated heterocycles. The SMILES string of the molecule is CC(=O)Nc1ccc(C=CC(=O)[N+]23C=CC=C(OCc4c(Cl)ccc(N(C)C(=O)CN)c4Cl)C2=NC(C)=C3Cl)cc1.Cl. The lowest BCUT2D eigenvalue weighted by atomic mass is 10.1. The second-order valence-electron chi connectivity index (χ2n) is 9.19. The lowest BCUT2D eigenvalue weighted by molar-refractivity contribution is -0.650. The van der Waals surface area contributed by atoms with Crippen LogP contribution in [0.25, 0.3) is 6.08 Å². The minimum atomic E-state index is -0.491. The third-order valence-electron chi connectivity index (χ3n) is 6.44. The number of amidine groups is 1. The molecule has 0 aromatic heterocycles. The van der Waals surface area contributed by atoms with Gasteiger partial charge in [0, 0.05) is 36.3 Å². The summed E-state index contributed by atoms with van der Waals surface area (Å²) in [4.78, 5) is 43.0. The van der Waals surface area contributed by atoms with E-state index in [1.54, 1.807) is 74.8 Å². The molecule has 0 spiro atoms. The number of halogens is 4. The Labute approximate surface area is 264 Å². The maximum absolute atomic E-state index is 13.7. The minimum absolute atomic E-state index is 0. The molecule has 2 aromatic carbocycles. The normalized spacial score (nSPS) is 17.3. The fraction of sp³-hybridized carbons (Fsp3) is 0.172. The fourth-order valence-electron chi connectivity index (χ4n) is 4.28. The molecule has 0 fully saturated rings. The lowest BCUT2D eigenvalue weighted by Crippen LogP contribution is -2.50. The molecule has 1 atom stereocenters. The maximum atomic E-state index is 13.7. The van der Waals surface area contributed by atoms with E-state index < -0.39 is 4.48 Å². The molecule has 0 bridgehead atoms. The van der Waals surface area contributed by atoms with Gasteiger partial charge in [-0.2, -0.15) is 4.99 Å². The first kappa shape index (κ1) is 33.1. The number of likely N-dealkylation sites (N-methyl/N-ethyl adjacent to an activating group) is 1. The van der Waals surface area contributed by atoms with E-state index in [1.807, 2.05) is 0 Å². The highest BCUT2D eigenvalue weighted by Crippen LogP contribution is 2.40. The molecule has 2 aliphatic rings. The van der Waals surface area contributed by atoms with Crippen molar-refractivity contribution in [2.45, 2.75) is 20.5 Å². The average molecular weight is 652 g/mol. The van der Waals surface area contributed by atoms with Gasteiger partial charge >= 0.3 is 5.91 Å². The first-order chi connectivity index (χ1) is 19.5. The molecule has 42 heavy (non-hydrogen) atoms. The predicted molar refractivity (Wildman–Crippen MR) is 169 cm³/mol. The molecule has 0 aliphatic carbocycles. The molecule has 1 unspecified atom stereocenters. The number of amides is 3. The van der Waals surface area contributed by atoms with Gasteiger partial charge in [-0.1, -0.05) is 35.3 Å². The number of hydrogen-bond acceptors (Lipinski definition) is 6. The van der Waals surface area contributed by atoms with Crippen LogP contribution in [0.4, 0.5) is 11.4 Å². The van der Waals surface area contributed by atoms with Crippen LogP contribution in [-0.4, -0.2) is 41.6 Å². The average Bonchev–Trinajstić information content (AvgIpc) is 3.22. The van der Waals surface area contributed by atoms with Crippen LogP contribution in [-0.2, 0) is 25.7 Å². The molecule has 13 heteroatoms. The van der Waals surface area contributed by atoms with Crippen LogP contribution >= 0.6 is 47.2 Å². The Hall–Kier alpha value is -3.44. The van der Waals surface area contributed by atoms with Crippen molar-refractivity contribution in [2.24, 2.45) is 10.7 Å². The number of fused-ring (bicyclic) bond motifs is 1. The summed E-state index contributed by atoms with van der Waals surface area (Å²) >= 11 is 19.7. The Kier molecular flexibility index (Phi) is 10.8. The van der Waals surface area contributed by atoms with Gasteiger partial charge in [0.05, 0.1) is 17.3 Å². The van der Waals surface area contributed by atoms with Crippen LogP contribution in [0.1, 0.15) is 25.0 Å². The van der Waals surface area contributed by atoms with Crippen molar-refractivity contribution in [2.75, 3.05) is 23.8 Å². The summed E-state index contributed by atoms with van der Waals surface area (Å²) in [5.74, 6) is -0.291. The number of hydrogen-bond donors (Lipinski definition) is 2. The molecular weight excluding hydrogens is 624 g/mol. The molecule has 220 valence electrons. The zero-order valence-corrected chi connectivity index (χ0v) is 25.9. The van der Waals surface area contributed by atoms with Gasteiger partial charge in [0.15, 0.2) is 0 Å². The third kappa shape index (κ3) is 6.47. The number of quaternary nitrogens is 1. The number of rotatable bonds is 8.